The van der Waals surface area contributed by atoms with E-state index in [1.165, 1.54) is 17.7 Å². The molecule has 100 valence electrons. The maximum atomic E-state index is 13.0. The maximum Gasteiger partial charge on any atom is 0.125 e. The van der Waals surface area contributed by atoms with Crippen molar-refractivity contribution >= 4 is 17.4 Å². The highest BCUT2D eigenvalue weighted by Crippen LogP contribution is 2.17. The Hall–Kier alpha value is -1.55. The van der Waals surface area contributed by atoms with Gasteiger partial charge in [-0.15, -0.1) is 11.8 Å². The van der Waals surface area contributed by atoms with Gasteiger partial charge in [-0.2, -0.15) is 0 Å². The van der Waals surface area contributed by atoms with E-state index < -0.39 is 0 Å². The van der Waals surface area contributed by atoms with Crippen LogP contribution in [-0.4, -0.2) is 17.3 Å². The lowest BCUT2D eigenvalue weighted by atomic mass is 10.3. The van der Waals surface area contributed by atoms with Gasteiger partial charge in [0.25, 0.3) is 0 Å². The van der Waals surface area contributed by atoms with Crippen molar-refractivity contribution in [3.05, 3.63) is 53.5 Å². The van der Waals surface area contributed by atoms with Crippen LogP contribution in [0, 0.1) is 19.7 Å². The first-order valence-electron chi connectivity index (χ1n) is 6.21. The molecule has 2 nitrogen and oxygen atoms in total. The molecule has 0 radical (unpaired) electrons. The highest BCUT2D eigenvalue weighted by Gasteiger charge is 1.99. The molecule has 1 aromatic heterocycles. The SMILES string of the molecule is Cc1cc(C)nc(SCCNc2cccc(F)c2)c1. The number of halogens is 1. The quantitative estimate of drug-likeness (QED) is 0.659. The third kappa shape index (κ3) is 4.56. The predicted octanol–water partition coefficient (Wildman–Crippen LogP) is 4.04. The molecule has 19 heavy (non-hydrogen) atoms. The fraction of sp³-hybridized carbons (Fsp3) is 0.267. The normalized spacial score (nSPS) is 10.5. The number of aromatic nitrogens is 1. The smallest absolute Gasteiger partial charge is 0.125 e. The maximum absolute atomic E-state index is 13.0. The summed E-state index contributed by atoms with van der Waals surface area (Å²) in [4.78, 5) is 4.47. The molecule has 0 bridgehead atoms. The zero-order chi connectivity index (χ0) is 13.7. The van der Waals surface area contributed by atoms with Gasteiger partial charge in [0.1, 0.15) is 5.82 Å². The van der Waals surface area contributed by atoms with Crippen LogP contribution in [0.4, 0.5) is 10.1 Å². The zero-order valence-electron chi connectivity index (χ0n) is 11.1. The molecule has 4 heteroatoms. The first-order chi connectivity index (χ1) is 9.13. The average Bonchev–Trinajstić information content (AvgIpc) is 2.34. The minimum Gasteiger partial charge on any atom is -0.384 e. The van der Waals surface area contributed by atoms with Crippen LogP contribution in [0.3, 0.4) is 0 Å². The molecule has 0 aliphatic heterocycles. The molecule has 2 rings (SSSR count). The second-order valence-corrected chi connectivity index (χ2v) is 5.52. The van der Waals surface area contributed by atoms with Gasteiger partial charge < -0.3 is 5.32 Å². The Morgan fingerprint density at radius 2 is 2.05 bits per heavy atom. The van der Waals surface area contributed by atoms with Crippen molar-refractivity contribution in [1.82, 2.24) is 4.98 Å². The van der Waals surface area contributed by atoms with Gasteiger partial charge in [0.2, 0.25) is 0 Å². The fourth-order valence-corrected chi connectivity index (χ4v) is 2.72. The molecule has 0 aliphatic rings. The molecule has 1 heterocycles. The summed E-state index contributed by atoms with van der Waals surface area (Å²) in [6.07, 6.45) is 0. The van der Waals surface area contributed by atoms with Crippen LogP contribution in [0.25, 0.3) is 0 Å². The van der Waals surface area contributed by atoms with Crippen molar-refractivity contribution in [2.75, 3.05) is 17.6 Å². The van der Waals surface area contributed by atoms with Crippen LogP contribution in [0.15, 0.2) is 41.4 Å². The molecule has 0 fully saturated rings. The highest BCUT2D eigenvalue weighted by atomic mass is 32.2. The van der Waals surface area contributed by atoms with Gasteiger partial charge in [0.15, 0.2) is 0 Å². The van der Waals surface area contributed by atoms with Gasteiger partial charge in [-0.3, -0.25) is 0 Å². The summed E-state index contributed by atoms with van der Waals surface area (Å²) in [6, 6.07) is 10.7. The molecule has 0 aliphatic carbocycles. The molecule has 0 saturated carbocycles. The zero-order valence-corrected chi connectivity index (χ0v) is 11.9. The van der Waals surface area contributed by atoms with Crippen molar-refractivity contribution in [1.29, 1.82) is 0 Å². The lowest BCUT2D eigenvalue weighted by molar-refractivity contribution is 0.628. The van der Waals surface area contributed by atoms with Gasteiger partial charge in [-0.1, -0.05) is 6.07 Å². The van der Waals surface area contributed by atoms with Crippen LogP contribution >= 0.6 is 11.8 Å². The molecule has 0 amide bonds. The second kappa shape index (κ2) is 6.57. The number of rotatable bonds is 5. The molecule has 2 aromatic rings. The van der Waals surface area contributed by atoms with E-state index in [-0.39, 0.29) is 5.82 Å². The lowest BCUT2D eigenvalue weighted by Gasteiger charge is -2.07. The number of nitrogens with zero attached hydrogens (tertiary/aromatic N) is 1. The van der Waals surface area contributed by atoms with E-state index in [1.54, 1.807) is 17.8 Å². The predicted molar refractivity (Wildman–Crippen MR) is 79.3 cm³/mol. The first kappa shape index (κ1) is 13.9. The average molecular weight is 276 g/mol. The van der Waals surface area contributed by atoms with Gasteiger partial charge in [-0.25, -0.2) is 9.37 Å². The number of hydrogen-bond donors (Lipinski definition) is 1. The number of benzene rings is 1. The Balaban J connectivity index is 1.80. The Morgan fingerprint density at radius 3 is 2.79 bits per heavy atom. The number of anilines is 1. The van der Waals surface area contributed by atoms with Crippen molar-refractivity contribution in [2.24, 2.45) is 0 Å². The third-order valence-electron chi connectivity index (χ3n) is 2.58. The van der Waals surface area contributed by atoms with Crippen LogP contribution in [0.2, 0.25) is 0 Å². The summed E-state index contributed by atoms with van der Waals surface area (Å²) in [7, 11) is 0. The summed E-state index contributed by atoms with van der Waals surface area (Å²) < 4.78 is 13.0. The Kier molecular flexibility index (Phi) is 4.80. The highest BCUT2D eigenvalue weighted by molar-refractivity contribution is 7.99. The largest absolute Gasteiger partial charge is 0.384 e. The van der Waals surface area contributed by atoms with E-state index in [1.807, 2.05) is 13.0 Å². The topological polar surface area (TPSA) is 24.9 Å². The standard InChI is InChI=1S/C15H17FN2S/c1-11-8-12(2)18-15(9-11)19-7-6-17-14-5-3-4-13(16)10-14/h3-5,8-10,17H,6-7H2,1-2H3. The monoisotopic (exact) mass is 276 g/mol. The number of nitrogens with one attached hydrogen (secondary N) is 1. The summed E-state index contributed by atoms with van der Waals surface area (Å²) in [5.74, 6) is 0.681. The van der Waals surface area contributed by atoms with Crippen LogP contribution in [-0.2, 0) is 0 Å². The number of aryl methyl sites for hydroxylation is 2. The van der Waals surface area contributed by atoms with Crippen molar-refractivity contribution in [3.8, 4) is 0 Å². The van der Waals surface area contributed by atoms with Crippen LogP contribution < -0.4 is 5.32 Å². The van der Waals surface area contributed by atoms with Gasteiger partial charge in [0, 0.05) is 23.7 Å². The lowest BCUT2D eigenvalue weighted by Crippen LogP contribution is -2.04. The molecular weight excluding hydrogens is 259 g/mol. The number of pyridine rings is 1. The molecule has 0 saturated heterocycles. The minimum absolute atomic E-state index is 0.214. The summed E-state index contributed by atoms with van der Waals surface area (Å²) in [6.45, 7) is 4.86. The van der Waals surface area contributed by atoms with E-state index >= 15 is 0 Å². The van der Waals surface area contributed by atoms with Crippen molar-refractivity contribution in [3.63, 3.8) is 0 Å². The Morgan fingerprint density at radius 1 is 1.21 bits per heavy atom. The van der Waals surface area contributed by atoms with Gasteiger partial charge in [0.05, 0.1) is 5.03 Å². The van der Waals surface area contributed by atoms with Gasteiger partial charge >= 0.3 is 0 Å². The Labute approximate surface area is 117 Å². The van der Waals surface area contributed by atoms with E-state index in [0.29, 0.717) is 0 Å². The number of hydrogen-bond acceptors (Lipinski definition) is 3. The molecule has 1 aromatic carbocycles. The molecular formula is C15H17FN2S. The number of thioether (sulfide) groups is 1. The van der Waals surface area contributed by atoms with Crippen LogP contribution in [0.5, 0.6) is 0 Å². The summed E-state index contributed by atoms with van der Waals surface area (Å²) in [5.41, 5.74) is 3.09. The second-order valence-electron chi connectivity index (χ2n) is 4.41. The van der Waals surface area contributed by atoms with E-state index in [0.717, 1.165) is 28.7 Å². The van der Waals surface area contributed by atoms with E-state index in [4.69, 9.17) is 0 Å². The molecule has 0 atom stereocenters. The van der Waals surface area contributed by atoms with Crippen molar-refractivity contribution < 1.29 is 4.39 Å². The fourth-order valence-electron chi connectivity index (χ4n) is 1.83. The minimum atomic E-state index is -0.214. The molecule has 0 unspecified atom stereocenters. The van der Waals surface area contributed by atoms with E-state index in [2.05, 4.69) is 29.4 Å². The van der Waals surface area contributed by atoms with Crippen LogP contribution in [0.1, 0.15) is 11.3 Å². The molecule has 0 spiro atoms. The first-order valence-corrected chi connectivity index (χ1v) is 7.19. The summed E-state index contributed by atoms with van der Waals surface area (Å²) >= 11 is 1.70. The summed E-state index contributed by atoms with van der Waals surface area (Å²) in [5, 5.41) is 4.24. The third-order valence-corrected chi connectivity index (χ3v) is 3.49. The van der Waals surface area contributed by atoms with Gasteiger partial charge in [-0.05, 0) is 49.7 Å². The molecule has 1 N–H and O–H groups in total. The van der Waals surface area contributed by atoms with Crippen molar-refractivity contribution in [2.45, 2.75) is 18.9 Å². The Bertz CT molecular complexity index is 537. The van der Waals surface area contributed by atoms with E-state index in [9.17, 15) is 4.39 Å².